The second-order valence-corrected chi connectivity index (χ2v) is 8.39. The second-order valence-electron chi connectivity index (χ2n) is 7.99. The van der Waals surface area contributed by atoms with E-state index in [0.717, 1.165) is 44.7 Å². The summed E-state index contributed by atoms with van der Waals surface area (Å²) in [7, 11) is 3.71. The predicted molar refractivity (Wildman–Crippen MR) is 129 cm³/mol. The summed E-state index contributed by atoms with van der Waals surface area (Å²) >= 11 is 6.24. The quantitative estimate of drug-likeness (QED) is 0.519. The lowest BCUT2D eigenvalue weighted by Gasteiger charge is -2.35. The maximum atomic E-state index is 12.1. The molecule has 3 N–H and O–H groups in total. The fraction of sp³-hybridized carbons (Fsp3) is 0.409. The third-order valence-electron chi connectivity index (χ3n) is 5.51. The van der Waals surface area contributed by atoms with Gasteiger partial charge in [-0.25, -0.2) is 4.98 Å². The highest BCUT2D eigenvalue weighted by molar-refractivity contribution is 6.32. The van der Waals surface area contributed by atoms with Crippen molar-refractivity contribution in [2.45, 2.75) is 18.9 Å². The number of halogens is 1. The van der Waals surface area contributed by atoms with Crippen molar-refractivity contribution in [3.8, 4) is 5.75 Å². The molecule has 4 rings (SSSR count). The summed E-state index contributed by atoms with van der Waals surface area (Å²) in [5.41, 5.74) is 2.18. The van der Waals surface area contributed by atoms with Gasteiger partial charge in [0.25, 0.3) is 0 Å². The number of nitrogens with zero attached hydrogens (tertiary/aromatic N) is 4. The highest BCUT2D eigenvalue weighted by Crippen LogP contribution is 2.39. The normalized spacial score (nSPS) is 16.4. The zero-order chi connectivity index (χ0) is 22.7. The maximum absolute atomic E-state index is 12.1. The number of amides is 1. The van der Waals surface area contributed by atoms with Gasteiger partial charge in [0.15, 0.2) is 5.82 Å². The summed E-state index contributed by atoms with van der Waals surface area (Å²) in [6.45, 7) is 7.14. The number of aromatic nitrogens is 2. The van der Waals surface area contributed by atoms with E-state index in [0.29, 0.717) is 40.0 Å². The first-order valence-corrected chi connectivity index (χ1v) is 11.0. The zero-order valence-corrected chi connectivity index (χ0v) is 19.1. The Kier molecular flexibility index (Phi) is 6.66. The van der Waals surface area contributed by atoms with Gasteiger partial charge in [-0.05, 0) is 32.0 Å². The Hall–Kier alpha value is -3.04. The Balaban J connectivity index is 1.66. The number of likely N-dealkylation sites (N-methyl/N-ethyl adjacent to an activating group) is 1. The van der Waals surface area contributed by atoms with E-state index >= 15 is 0 Å². The van der Waals surface area contributed by atoms with Crippen LogP contribution in [-0.2, 0) is 4.79 Å². The maximum Gasteiger partial charge on any atom is 0.247 e. The summed E-state index contributed by atoms with van der Waals surface area (Å²) in [5, 5.41) is 9.90. The highest BCUT2D eigenvalue weighted by Gasteiger charge is 2.24. The van der Waals surface area contributed by atoms with Crippen LogP contribution in [0.2, 0.25) is 5.02 Å². The van der Waals surface area contributed by atoms with Crippen LogP contribution in [0.4, 0.5) is 28.8 Å². The standard InChI is InChI=1S/C22H28ClN7O2/c1-4-20(31)26-16-11-17(19(32-3)12-18(16)30-9-7-29(2)8-10-30)27-22-24-13-15(23)21(28-22)25-14-5-6-14/h4,11-14H,1,5-10H2,2-3H3,(H,26,31)(H2,24,25,27,28). The molecule has 2 aromatic rings. The number of rotatable bonds is 8. The number of piperazine rings is 1. The number of carbonyl (C=O) groups excluding carboxylic acids is 1. The molecule has 0 bridgehead atoms. The third-order valence-corrected chi connectivity index (χ3v) is 5.79. The van der Waals surface area contributed by atoms with Crippen molar-refractivity contribution in [3.63, 3.8) is 0 Å². The Morgan fingerprint density at radius 2 is 2.00 bits per heavy atom. The molecule has 2 fully saturated rings. The van der Waals surface area contributed by atoms with Crippen LogP contribution in [0.1, 0.15) is 12.8 Å². The van der Waals surface area contributed by atoms with Gasteiger partial charge in [0.05, 0.1) is 30.4 Å². The molecule has 1 saturated heterocycles. The monoisotopic (exact) mass is 457 g/mol. The smallest absolute Gasteiger partial charge is 0.247 e. The van der Waals surface area contributed by atoms with Crippen LogP contribution >= 0.6 is 11.6 Å². The van der Waals surface area contributed by atoms with Crippen molar-refractivity contribution in [3.05, 3.63) is 36.0 Å². The molecular weight excluding hydrogens is 430 g/mol. The number of ether oxygens (including phenoxy) is 1. The van der Waals surface area contributed by atoms with Crippen LogP contribution in [0.3, 0.4) is 0 Å². The molecule has 170 valence electrons. The summed E-state index contributed by atoms with van der Waals surface area (Å²) in [5.74, 6) is 1.31. The highest BCUT2D eigenvalue weighted by atomic mass is 35.5. The average molecular weight is 458 g/mol. The lowest BCUT2D eigenvalue weighted by molar-refractivity contribution is -0.111. The van der Waals surface area contributed by atoms with Crippen molar-refractivity contribution in [2.24, 2.45) is 0 Å². The van der Waals surface area contributed by atoms with Crippen molar-refractivity contribution >= 4 is 46.3 Å². The predicted octanol–water partition coefficient (Wildman–Crippen LogP) is 3.33. The summed E-state index contributed by atoms with van der Waals surface area (Å²) in [4.78, 5) is 25.4. The molecule has 1 aliphatic heterocycles. The minimum Gasteiger partial charge on any atom is -0.494 e. The molecule has 32 heavy (non-hydrogen) atoms. The van der Waals surface area contributed by atoms with E-state index in [1.807, 2.05) is 12.1 Å². The molecule has 0 spiro atoms. The summed E-state index contributed by atoms with van der Waals surface area (Å²) < 4.78 is 5.66. The van der Waals surface area contributed by atoms with Crippen molar-refractivity contribution < 1.29 is 9.53 Å². The number of hydrogen-bond acceptors (Lipinski definition) is 8. The summed E-state index contributed by atoms with van der Waals surface area (Å²) in [6.07, 6.45) is 5.03. The van der Waals surface area contributed by atoms with Gasteiger partial charge in [0.2, 0.25) is 11.9 Å². The molecule has 2 aliphatic rings. The zero-order valence-electron chi connectivity index (χ0n) is 18.3. The first-order valence-electron chi connectivity index (χ1n) is 10.6. The van der Waals surface area contributed by atoms with Crippen LogP contribution in [0, 0.1) is 0 Å². The minimum atomic E-state index is -0.282. The third kappa shape index (κ3) is 5.23. The van der Waals surface area contributed by atoms with Gasteiger partial charge in [-0.3, -0.25) is 4.79 Å². The van der Waals surface area contributed by atoms with Crippen LogP contribution in [0.5, 0.6) is 5.75 Å². The molecule has 0 radical (unpaired) electrons. The van der Waals surface area contributed by atoms with E-state index in [1.54, 1.807) is 13.3 Å². The molecule has 2 heterocycles. The fourth-order valence-corrected chi connectivity index (χ4v) is 3.64. The SMILES string of the molecule is C=CC(=O)Nc1cc(Nc2ncc(Cl)c(NC3CC3)n2)c(OC)cc1N1CCN(C)CC1. The van der Waals surface area contributed by atoms with Crippen molar-refractivity contribution in [1.29, 1.82) is 0 Å². The number of hydrogen-bond donors (Lipinski definition) is 3. The van der Waals surface area contributed by atoms with Gasteiger partial charge < -0.3 is 30.5 Å². The van der Waals surface area contributed by atoms with Gasteiger partial charge in [-0.1, -0.05) is 18.2 Å². The molecule has 1 amide bonds. The van der Waals surface area contributed by atoms with Gasteiger partial charge in [0, 0.05) is 38.3 Å². The molecule has 1 saturated carbocycles. The minimum absolute atomic E-state index is 0.282. The summed E-state index contributed by atoms with van der Waals surface area (Å²) in [6, 6.07) is 4.17. The first-order chi connectivity index (χ1) is 15.5. The fourth-order valence-electron chi connectivity index (χ4n) is 3.50. The van der Waals surface area contributed by atoms with Gasteiger partial charge >= 0.3 is 0 Å². The first kappa shape index (κ1) is 22.2. The van der Waals surface area contributed by atoms with Gasteiger partial charge in [0.1, 0.15) is 10.8 Å². The Labute approximate surface area is 192 Å². The largest absolute Gasteiger partial charge is 0.494 e. The van der Waals surface area contributed by atoms with E-state index in [-0.39, 0.29) is 5.91 Å². The van der Waals surface area contributed by atoms with E-state index in [4.69, 9.17) is 16.3 Å². The lowest BCUT2D eigenvalue weighted by Crippen LogP contribution is -2.44. The lowest BCUT2D eigenvalue weighted by atomic mass is 10.1. The molecule has 10 heteroatoms. The molecule has 1 aromatic heterocycles. The second kappa shape index (κ2) is 9.62. The van der Waals surface area contributed by atoms with Crippen LogP contribution < -0.4 is 25.6 Å². The molecule has 9 nitrogen and oxygen atoms in total. The van der Waals surface area contributed by atoms with Crippen LogP contribution in [0.15, 0.2) is 31.0 Å². The molecule has 0 unspecified atom stereocenters. The number of benzene rings is 1. The average Bonchev–Trinajstić information content (AvgIpc) is 3.61. The van der Waals surface area contributed by atoms with E-state index in [1.165, 1.54) is 6.08 Å². The van der Waals surface area contributed by atoms with Gasteiger partial charge in [-0.15, -0.1) is 0 Å². The van der Waals surface area contributed by atoms with Crippen LogP contribution in [-0.4, -0.2) is 67.2 Å². The van der Waals surface area contributed by atoms with Crippen LogP contribution in [0.25, 0.3) is 0 Å². The number of methoxy groups -OCH3 is 1. The van der Waals surface area contributed by atoms with E-state index < -0.39 is 0 Å². The Morgan fingerprint density at radius 1 is 1.25 bits per heavy atom. The topological polar surface area (TPSA) is 94.6 Å². The van der Waals surface area contributed by atoms with E-state index in [9.17, 15) is 4.79 Å². The Morgan fingerprint density at radius 3 is 2.66 bits per heavy atom. The number of carbonyl (C=O) groups is 1. The molecule has 1 aliphatic carbocycles. The van der Waals surface area contributed by atoms with Gasteiger partial charge in [-0.2, -0.15) is 4.98 Å². The van der Waals surface area contributed by atoms with Crippen molar-refractivity contribution in [2.75, 3.05) is 61.2 Å². The number of nitrogens with one attached hydrogen (secondary N) is 3. The van der Waals surface area contributed by atoms with Crippen molar-refractivity contribution in [1.82, 2.24) is 14.9 Å². The molecule has 1 aromatic carbocycles. The van der Waals surface area contributed by atoms with E-state index in [2.05, 4.69) is 49.3 Å². The molecule has 0 atom stereocenters. The number of anilines is 5. The Bertz CT molecular complexity index is 1000. The molecular formula is C22H28ClN7O2.